The topological polar surface area (TPSA) is 87.7 Å². The Hall–Kier alpha value is -2.41. The van der Waals surface area contributed by atoms with Crippen molar-refractivity contribution < 1.29 is 19.1 Å². The van der Waals surface area contributed by atoms with E-state index in [9.17, 15) is 14.4 Å². The molecule has 0 radical (unpaired) electrons. The number of nitrogens with one attached hydrogen (secondary N) is 2. The molecule has 3 amide bonds. The van der Waals surface area contributed by atoms with Crippen LogP contribution in [0.25, 0.3) is 0 Å². The third-order valence-electron chi connectivity index (χ3n) is 4.69. The number of carbonyl (C=O) groups is 3. The fourth-order valence-electron chi connectivity index (χ4n) is 3.17. The zero-order valence-corrected chi connectivity index (χ0v) is 17.2. The number of rotatable bonds is 8. The lowest BCUT2D eigenvalue weighted by molar-refractivity contribution is -0.131. The van der Waals surface area contributed by atoms with Crippen molar-refractivity contribution in [2.24, 2.45) is 5.92 Å². The number of ether oxygens (including phenoxy) is 1. The lowest BCUT2D eigenvalue weighted by atomic mass is 10.1. The molecule has 2 rings (SSSR count). The van der Waals surface area contributed by atoms with Gasteiger partial charge in [0.2, 0.25) is 11.8 Å². The number of anilines is 1. The van der Waals surface area contributed by atoms with Crippen LogP contribution in [-0.2, 0) is 14.3 Å². The maximum atomic E-state index is 12.7. The molecule has 2 N–H and O–H groups in total. The van der Waals surface area contributed by atoms with Crippen molar-refractivity contribution in [3.05, 3.63) is 29.8 Å². The van der Waals surface area contributed by atoms with Crippen molar-refractivity contribution in [1.29, 1.82) is 0 Å². The SMILES string of the molecule is CCOCCCNC(=O)c1ccccc1NC(=O)[C@@H]1CC(=O)N(C(C)(C)C)C1. The number of amides is 3. The molecule has 154 valence electrons. The summed E-state index contributed by atoms with van der Waals surface area (Å²) in [5.74, 6) is -0.926. The first-order valence-electron chi connectivity index (χ1n) is 9.80. The van der Waals surface area contributed by atoms with Gasteiger partial charge in [0.25, 0.3) is 5.91 Å². The van der Waals surface area contributed by atoms with Crippen LogP contribution in [0.1, 0.15) is 50.9 Å². The van der Waals surface area contributed by atoms with Crippen molar-refractivity contribution in [2.45, 2.75) is 46.1 Å². The van der Waals surface area contributed by atoms with E-state index in [0.717, 1.165) is 6.42 Å². The predicted octanol–water partition coefficient (Wildman–Crippen LogP) is 2.43. The molecule has 7 heteroatoms. The van der Waals surface area contributed by atoms with Gasteiger partial charge in [-0.1, -0.05) is 12.1 Å². The normalized spacial score (nSPS) is 16.9. The Kier molecular flexibility index (Phi) is 7.57. The summed E-state index contributed by atoms with van der Waals surface area (Å²) in [4.78, 5) is 39.1. The summed E-state index contributed by atoms with van der Waals surface area (Å²) in [5.41, 5.74) is 0.548. The summed E-state index contributed by atoms with van der Waals surface area (Å²) in [7, 11) is 0. The van der Waals surface area contributed by atoms with Gasteiger partial charge in [-0.3, -0.25) is 14.4 Å². The van der Waals surface area contributed by atoms with Crippen LogP contribution in [0.2, 0.25) is 0 Å². The molecule has 0 saturated carbocycles. The molecule has 7 nitrogen and oxygen atoms in total. The van der Waals surface area contributed by atoms with Gasteiger partial charge in [-0.15, -0.1) is 0 Å². The molecule has 0 aliphatic carbocycles. The highest BCUT2D eigenvalue weighted by molar-refractivity contribution is 6.05. The molecule has 0 unspecified atom stereocenters. The maximum absolute atomic E-state index is 12.7. The Morgan fingerprint density at radius 2 is 1.96 bits per heavy atom. The van der Waals surface area contributed by atoms with E-state index < -0.39 is 5.92 Å². The monoisotopic (exact) mass is 389 g/mol. The lowest BCUT2D eigenvalue weighted by Gasteiger charge is -2.31. The van der Waals surface area contributed by atoms with Gasteiger partial charge >= 0.3 is 0 Å². The Bertz CT molecular complexity index is 712. The van der Waals surface area contributed by atoms with Crippen molar-refractivity contribution in [3.8, 4) is 0 Å². The summed E-state index contributed by atoms with van der Waals surface area (Å²) in [6.07, 6.45) is 0.913. The first-order valence-corrected chi connectivity index (χ1v) is 9.80. The Balaban J connectivity index is 1.98. The molecule has 0 spiro atoms. The molecule has 1 aliphatic heterocycles. The van der Waals surface area contributed by atoms with Crippen molar-refractivity contribution in [3.63, 3.8) is 0 Å². The van der Waals surface area contributed by atoms with Crippen LogP contribution in [0.4, 0.5) is 5.69 Å². The minimum atomic E-state index is -0.422. The van der Waals surface area contributed by atoms with Crippen molar-refractivity contribution >= 4 is 23.4 Å². The standard InChI is InChI=1S/C21H31N3O4/c1-5-28-12-8-11-22-20(27)16-9-6-7-10-17(16)23-19(26)15-13-18(25)24(14-15)21(2,3)4/h6-7,9-10,15H,5,8,11-14H2,1-4H3,(H,22,27)(H,23,26)/t15-/m1/s1. The lowest BCUT2D eigenvalue weighted by Crippen LogP contribution is -2.42. The molecule has 0 bridgehead atoms. The molecule has 1 heterocycles. The van der Waals surface area contributed by atoms with E-state index in [1.807, 2.05) is 27.7 Å². The molecule has 1 aromatic rings. The first-order chi connectivity index (χ1) is 13.2. The average molecular weight is 389 g/mol. The summed E-state index contributed by atoms with van der Waals surface area (Å²) in [5, 5.41) is 5.68. The maximum Gasteiger partial charge on any atom is 0.253 e. The van der Waals surface area contributed by atoms with Gasteiger partial charge in [0.1, 0.15) is 0 Å². The van der Waals surface area contributed by atoms with Crippen LogP contribution < -0.4 is 10.6 Å². The third kappa shape index (κ3) is 5.79. The Morgan fingerprint density at radius 1 is 1.25 bits per heavy atom. The molecule has 1 saturated heterocycles. The van der Waals surface area contributed by atoms with E-state index in [1.165, 1.54) is 0 Å². The zero-order valence-electron chi connectivity index (χ0n) is 17.2. The second-order valence-electron chi connectivity index (χ2n) is 7.92. The van der Waals surface area contributed by atoms with Crippen molar-refractivity contribution in [1.82, 2.24) is 10.2 Å². The van der Waals surface area contributed by atoms with Crippen LogP contribution >= 0.6 is 0 Å². The number of para-hydroxylation sites is 1. The summed E-state index contributed by atoms with van der Waals surface area (Å²) < 4.78 is 5.26. The number of benzene rings is 1. The number of likely N-dealkylation sites (tertiary alicyclic amines) is 1. The van der Waals surface area contributed by atoms with Crippen LogP contribution in [0.5, 0.6) is 0 Å². The van der Waals surface area contributed by atoms with Gasteiger partial charge in [0, 0.05) is 38.3 Å². The quantitative estimate of drug-likeness (QED) is 0.669. The van der Waals surface area contributed by atoms with Gasteiger partial charge in [-0.25, -0.2) is 0 Å². The van der Waals surface area contributed by atoms with E-state index in [2.05, 4.69) is 10.6 Å². The van der Waals surface area contributed by atoms with E-state index in [1.54, 1.807) is 29.2 Å². The number of carbonyl (C=O) groups excluding carboxylic acids is 3. The number of hydrogen-bond donors (Lipinski definition) is 2. The Labute approximate surface area is 166 Å². The van der Waals surface area contributed by atoms with Gasteiger partial charge in [0.05, 0.1) is 17.2 Å². The fourth-order valence-corrected chi connectivity index (χ4v) is 3.17. The smallest absolute Gasteiger partial charge is 0.253 e. The molecule has 1 fully saturated rings. The Morgan fingerprint density at radius 3 is 2.61 bits per heavy atom. The van der Waals surface area contributed by atoms with E-state index in [-0.39, 0.29) is 29.7 Å². The minimum absolute atomic E-state index is 0.0204. The summed E-state index contributed by atoms with van der Waals surface area (Å²) in [6, 6.07) is 6.90. The molecular formula is C21H31N3O4. The number of hydrogen-bond acceptors (Lipinski definition) is 4. The molecule has 1 aromatic carbocycles. The zero-order chi connectivity index (χ0) is 20.7. The van der Waals surface area contributed by atoms with E-state index in [0.29, 0.717) is 37.6 Å². The van der Waals surface area contributed by atoms with Crippen LogP contribution in [0.15, 0.2) is 24.3 Å². The van der Waals surface area contributed by atoms with Crippen LogP contribution in [0, 0.1) is 5.92 Å². The number of nitrogens with zero attached hydrogens (tertiary/aromatic N) is 1. The van der Waals surface area contributed by atoms with Crippen LogP contribution in [0.3, 0.4) is 0 Å². The average Bonchev–Trinajstić information content (AvgIpc) is 3.04. The van der Waals surface area contributed by atoms with E-state index >= 15 is 0 Å². The summed E-state index contributed by atoms with van der Waals surface area (Å²) in [6.45, 7) is 9.92. The van der Waals surface area contributed by atoms with Crippen LogP contribution in [-0.4, -0.2) is 54.5 Å². The van der Waals surface area contributed by atoms with Crippen molar-refractivity contribution in [2.75, 3.05) is 31.6 Å². The highest BCUT2D eigenvalue weighted by atomic mass is 16.5. The van der Waals surface area contributed by atoms with Gasteiger partial charge in [-0.05, 0) is 46.2 Å². The second kappa shape index (κ2) is 9.68. The largest absolute Gasteiger partial charge is 0.382 e. The molecule has 0 aromatic heterocycles. The van der Waals surface area contributed by atoms with Gasteiger partial charge in [0.15, 0.2) is 0 Å². The van der Waals surface area contributed by atoms with Gasteiger partial charge in [-0.2, -0.15) is 0 Å². The third-order valence-corrected chi connectivity index (χ3v) is 4.69. The molecule has 28 heavy (non-hydrogen) atoms. The molecule has 1 atom stereocenters. The fraction of sp³-hybridized carbons (Fsp3) is 0.571. The highest BCUT2D eigenvalue weighted by Crippen LogP contribution is 2.27. The molecular weight excluding hydrogens is 358 g/mol. The second-order valence-corrected chi connectivity index (χ2v) is 7.92. The first kappa shape index (κ1) is 21.9. The highest BCUT2D eigenvalue weighted by Gasteiger charge is 2.39. The minimum Gasteiger partial charge on any atom is -0.382 e. The van der Waals surface area contributed by atoms with E-state index in [4.69, 9.17) is 4.74 Å². The predicted molar refractivity (Wildman–Crippen MR) is 108 cm³/mol. The summed E-state index contributed by atoms with van der Waals surface area (Å²) >= 11 is 0. The van der Waals surface area contributed by atoms with Gasteiger partial charge < -0.3 is 20.3 Å². The molecule has 1 aliphatic rings.